The lowest BCUT2D eigenvalue weighted by Gasteiger charge is -2.28. The summed E-state index contributed by atoms with van der Waals surface area (Å²) in [4.78, 5) is 25.1. The zero-order chi connectivity index (χ0) is 12.3. The maximum atomic E-state index is 11.8. The summed E-state index contributed by atoms with van der Waals surface area (Å²) in [7, 11) is 0. The first kappa shape index (κ1) is 11.9. The number of carbonyl (C=O) groups excluding carboxylic acids is 1. The molecule has 2 atom stereocenters. The van der Waals surface area contributed by atoms with E-state index in [-0.39, 0.29) is 17.5 Å². The van der Waals surface area contributed by atoms with Gasteiger partial charge < -0.3 is 15.4 Å². The topological polar surface area (TPSA) is 82.2 Å². The smallest absolute Gasteiger partial charge is 0.253 e. The lowest BCUT2D eigenvalue weighted by molar-refractivity contribution is 0.0717. The quantitative estimate of drug-likeness (QED) is 0.695. The van der Waals surface area contributed by atoms with Gasteiger partial charge in [0.05, 0.1) is 17.7 Å². The zero-order valence-corrected chi connectivity index (χ0v) is 9.48. The second kappa shape index (κ2) is 5.14. The van der Waals surface area contributed by atoms with Crippen LogP contribution in [0.5, 0.6) is 0 Å². The normalized spacial score (nSPS) is 24.3. The lowest BCUT2D eigenvalue weighted by atomic mass is 9.92. The van der Waals surface area contributed by atoms with Crippen molar-refractivity contribution in [3.8, 4) is 0 Å². The number of aliphatic hydroxyl groups is 1. The number of pyridine rings is 1. The Kier molecular flexibility index (Phi) is 3.58. The predicted molar refractivity (Wildman–Crippen MR) is 62.8 cm³/mol. The average Bonchev–Trinajstić information content (AvgIpc) is 2.33. The monoisotopic (exact) mass is 236 g/mol. The summed E-state index contributed by atoms with van der Waals surface area (Å²) < 4.78 is 0. The molecule has 1 fully saturated rings. The van der Waals surface area contributed by atoms with Gasteiger partial charge >= 0.3 is 0 Å². The Morgan fingerprint density at radius 2 is 2.12 bits per heavy atom. The van der Waals surface area contributed by atoms with E-state index >= 15 is 0 Å². The molecule has 17 heavy (non-hydrogen) atoms. The minimum absolute atomic E-state index is 0.178. The number of nitrogens with one attached hydrogen (secondary N) is 2. The number of hydrogen-bond acceptors (Lipinski definition) is 3. The molecule has 3 N–H and O–H groups in total. The van der Waals surface area contributed by atoms with E-state index in [0.29, 0.717) is 5.56 Å². The molecule has 1 aromatic heterocycles. The summed E-state index contributed by atoms with van der Waals surface area (Å²) in [5.74, 6) is -0.257. The molecule has 92 valence electrons. The molecule has 1 aliphatic rings. The van der Waals surface area contributed by atoms with E-state index < -0.39 is 6.10 Å². The Bertz CT molecular complexity index is 435. The van der Waals surface area contributed by atoms with Gasteiger partial charge in [0.15, 0.2) is 0 Å². The molecule has 2 unspecified atom stereocenters. The van der Waals surface area contributed by atoms with Crippen molar-refractivity contribution in [3.05, 3.63) is 34.2 Å². The highest BCUT2D eigenvalue weighted by molar-refractivity contribution is 5.94. The van der Waals surface area contributed by atoms with Crippen molar-refractivity contribution in [2.24, 2.45) is 0 Å². The van der Waals surface area contributed by atoms with Crippen LogP contribution < -0.4 is 10.9 Å². The van der Waals surface area contributed by atoms with Crippen LogP contribution in [0.2, 0.25) is 0 Å². The lowest BCUT2D eigenvalue weighted by Crippen LogP contribution is -2.45. The molecule has 5 heteroatoms. The first-order valence-corrected chi connectivity index (χ1v) is 5.84. The van der Waals surface area contributed by atoms with Gasteiger partial charge in [0.25, 0.3) is 5.91 Å². The van der Waals surface area contributed by atoms with E-state index in [9.17, 15) is 14.7 Å². The van der Waals surface area contributed by atoms with Gasteiger partial charge in [0.2, 0.25) is 5.56 Å². The first-order valence-electron chi connectivity index (χ1n) is 5.84. The van der Waals surface area contributed by atoms with Crippen LogP contribution in [0.15, 0.2) is 23.1 Å². The molecule has 0 radical (unpaired) electrons. The van der Waals surface area contributed by atoms with Crippen LogP contribution in [0.3, 0.4) is 0 Å². The summed E-state index contributed by atoms with van der Waals surface area (Å²) in [6, 6.07) is 2.61. The van der Waals surface area contributed by atoms with Crippen LogP contribution in [-0.4, -0.2) is 28.1 Å². The predicted octanol–water partition coefficient (Wildman–Crippen LogP) is 0.408. The number of hydrogen-bond donors (Lipinski definition) is 3. The number of H-pyrrole nitrogens is 1. The maximum Gasteiger partial charge on any atom is 0.253 e. The molecule has 0 saturated heterocycles. The van der Waals surface area contributed by atoms with E-state index in [2.05, 4.69) is 10.3 Å². The molecular weight excluding hydrogens is 220 g/mol. The third-order valence-corrected chi connectivity index (χ3v) is 3.09. The second-order valence-corrected chi connectivity index (χ2v) is 4.37. The van der Waals surface area contributed by atoms with Gasteiger partial charge in [-0.05, 0) is 18.9 Å². The highest BCUT2D eigenvalue weighted by Gasteiger charge is 2.24. The van der Waals surface area contributed by atoms with Crippen LogP contribution in [0.1, 0.15) is 36.0 Å². The molecule has 1 saturated carbocycles. The third-order valence-electron chi connectivity index (χ3n) is 3.09. The van der Waals surface area contributed by atoms with E-state index in [1.165, 1.54) is 18.3 Å². The van der Waals surface area contributed by atoms with Crippen LogP contribution >= 0.6 is 0 Å². The van der Waals surface area contributed by atoms with Gasteiger partial charge in [0.1, 0.15) is 0 Å². The molecule has 1 aromatic rings. The van der Waals surface area contributed by atoms with Crippen molar-refractivity contribution < 1.29 is 9.90 Å². The summed E-state index contributed by atoms with van der Waals surface area (Å²) in [6.45, 7) is 0. The van der Waals surface area contributed by atoms with Gasteiger partial charge in [-0.2, -0.15) is 0 Å². The van der Waals surface area contributed by atoms with Gasteiger partial charge in [-0.1, -0.05) is 12.8 Å². The molecular formula is C12H16N2O3. The van der Waals surface area contributed by atoms with E-state index in [4.69, 9.17) is 0 Å². The second-order valence-electron chi connectivity index (χ2n) is 4.37. The van der Waals surface area contributed by atoms with Crippen LogP contribution in [0.25, 0.3) is 0 Å². The Balaban J connectivity index is 2.01. The fourth-order valence-electron chi connectivity index (χ4n) is 2.08. The summed E-state index contributed by atoms with van der Waals surface area (Å²) in [5, 5.41) is 12.5. The van der Waals surface area contributed by atoms with Gasteiger partial charge in [-0.3, -0.25) is 9.59 Å². The average molecular weight is 236 g/mol. The van der Waals surface area contributed by atoms with Crippen LogP contribution in [0.4, 0.5) is 0 Å². The molecule has 0 aliphatic heterocycles. The summed E-state index contributed by atoms with van der Waals surface area (Å²) >= 11 is 0. The first-order chi connectivity index (χ1) is 8.16. The van der Waals surface area contributed by atoms with E-state index in [1.807, 2.05) is 0 Å². The fourth-order valence-corrected chi connectivity index (χ4v) is 2.08. The Hall–Kier alpha value is -1.62. The van der Waals surface area contributed by atoms with Gasteiger partial charge in [-0.25, -0.2) is 0 Å². The maximum absolute atomic E-state index is 11.8. The molecule has 1 aliphatic carbocycles. The SMILES string of the molecule is O=C(NC1CCCCC1O)c1ccc(=O)[nH]c1. The molecule has 0 aromatic carbocycles. The van der Waals surface area contributed by atoms with Crippen molar-refractivity contribution in [1.82, 2.24) is 10.3 Å². The van der Waals surface area contributed by atoms with Crippen LogP contribution in [-0.2, 0) is 0 Å². The fraction of sp³-hybridized carbons (Fsp3) is 0.500. The highest BCUT2D eigenvalue weighted by Crippen LogP contribution is 2.18. The molecule has 2 rings (SSSR count). The number of amides is 1. The van der Waals surface area contributed by atoms with E-state index in [1.54, 1.807) is 0 Å². The number of aromatic amines is 1. The Morgan fingerprint density at radius 1 is 1.35 bits per heavy atom. The molecule has 0 spiro atoms. The molecule has 1 amide bonds. The van der Waals surface area contributed by atoms with Crippen molar-refractivity contribution in [3.63, 3.8) is 0 Å². The standard InChI is InChI=1S/C12H16N2O3/c15-10-4-2-1-3-9(10)14-12(17)8-5-6-11(16)13-7-8/h5-7,9-10,15H,1-4H2,(H,13,16)(H,14,17). The molecule has 0 bridgehead atoms. The van der Waals surface area contributed by atoms with Crippen molar-refractivity contribution >= 4 is 5.91 Å². The number of carbonyl (C=O) groups is 1. The van der Waals surface area contributed by atoms with Gasteiger partial charge in [0, 0.05) is 12.3 Å². The minimum Gasteiger partial charge on any atom is -0.391 e. The summed E-state index contributed by atoms with van der Waals surface area (Å²) in [6.07, 6.45) is 4.48. The van der Waals surface area contributed by atoms with Crippen molar-refractivity contribution in [1.29, 1.82) is 0 Å². The largest absolute Gasteiger partial charge is 0.391 e. The Morgan fingerprint density at radius 3 is 2.76 bits per heavy atom. The van der Waals surface area contributed by atoms with E-state index in [0.717, 1.165) is 25.7 Å². The zero-order valence-electron chi connectivity index (χ0n) is 9.48. The molecule has 5 nitrogen and oxygen atoms in total. The Labute approximate surface area is 98.9 Å². The van der Waals surface area contributed by atoms with Crippen molar-refractivity contribution in [2.75, 3.05) is 0 Å². The van der Waals surface area contributed by atoms with Crippen LogP contribution in [0, 0.1) is 0 Å². The highest BCUT2D eigenvalue weighted by atomic mass is 16.3. The third kappa shape index (κ3) is 2.94. The summed E-state index contributed by atoms with van der Waals surface area (Å²) in [5.41, 5.74) is 0.168. The van der Waals surface area contributed by atoms with Gasteiger partial charge in [-0.15, -0.1) is 0 Å². The number of aliphatic hydroxyl groups excluding tert-OH is 1. The molecule has 1 heterocycles. The number of rotatable bonds is 2. The number of aromatic nitrogens is 1. The van der Waals surface area contributed by atoms with Crippen molar-refractivity contribution in [2.45, 2.75) is 37.8 Å². The minimum atomic E-state index is -0.463.